The number of carbonyl (C=O) groups is 19. The normalized spacial score (nSPS) is 22.4. The van der Waals surface area contributed by atoms with Gasteiger partial charge in [0, 0.05) is 96.6 Å². The number of H-pyrrole nitrogens is 3. The zero-order chi connectivity index (χ0) is 96.9. The number of carboxylic acid groups (broad SMARTS) is 3. The molecule has 15 atom stereocenters. The van der Waals surface area contributed by atoms with Crippen LogP contribution in [-0.4, -0.2) is 282 Å². The highest BCUT2D eigenvalue weighted by Crippen LogP contribution is 2.26. The van der Waals surface area contributed by atoms with Crippen LogP contribution in [0.5, 0.6) is 0 Å². The summed E-state index contributed by atoms with van der Waals surface area (Å²) in [7, 11) is 1.49. The molecule has 6 rings (SSSR count). The van der Waals surface area contributed by atoms with Crippen molar-refractivity contribution < 1.29 is 106 Å². The van der Waals surface area contributed by atoms with Crippen LogP contribution in [0.3, 0.4) is 0 Å². The van der Waals surface area contributed by atoms with Crippen molar-refractivity contribution in [2.45, 2.75) is 236 Å². The van der Waals surface area contributed by atoms with Gasteiger partial charge in [-0.3, -0.25) is 102 Å². The molecule has 0 saturated carbocycles. The van der Waals surface area contributed by atoms with Crippen LogP contribution in [0.25, 0.3) is 21.8 Å². The maximum Gasteiger partial charge on any atom is 0.325 e. The average Bonchev–Trinajstić information content (AvgIpc) is 1.70. The lowest BCUT2D eigenvalue weighted by atomic mass is 10.00. The average molecular weight is 1870 g/mol. The third-order valence-electron chi connectivity index (χ3n) is 20.4. The number of hydrogen-bond donors (Lipinski definition) is 28. The number of hydrogen-bond acceptors (Lipinski definition) is 28. The van der Waals surface area contributed by atoms with E-state index in [2.05, 4.69) is 116 Å². The molecule has 1 aliphatic rings. The summed E-state index contributed by atoms with van der Waals surface area (Å²) in [4.78, 5) is 281. The van der Waals surface area contributed by atoms with Gasteiger partial charge < -0.3 is 138 Å². The fourth-order valence-corrected chi connectivity index (χ4v) is 15.6. The molecule has 16 amide bonds. The van der Waals surface area contributed by atoms with Gasteiger partial charge in [-0.1, -0.05) is 71.8 Å². The van der Waals surface area contributed by atoms with E-state index in [1.165, 1.54) is 33.3 Å². The van der Waals surface area contributed by atoms with Crippen molar-refractivity contribution >= 4 is 156 Å². The number of nitrogens with one attached hydrogen (secondary N) is 21. The van der Waals surface area contributed by atoms with Crippen molar-refractivity contribution in [3.05, 3.63) is 90.3 Å². The van der Waals surface area contributed by atoms with E-state index in [4.69, 9.17) is 22.9 Å². The Labute approximate surface area is 760 Å². The molecular formula is C81H120N26O22S2. The smallest absolute Gasteiger partial charge is 0.325 e. The van der Waals surface area contributed by atoms with Crippen LogP contribution in [0.4, 0.5) is 0 Å². The quantitative estimate of drug-likeness (QED) is 0.0103. The molecule has 48 nitrogen and oxygen atoms in total. The van der Waals surface area contributed by atoms with Crippen LogP contribution >= 0.6 is 21.6 Å². The standard InChI is InChI=1S/C81H120N26O22S2/c1-38(2)27-56-74(123)107-60(77(126)96-40(4)65(114)97-43(7)79(128)129)35-130-131-36-61(106-66(115)39(3)93-62(109)34-89-44(8)108)78(127)101-54(21-23-63(110)111)69(118)94-41(5)67(116)98-52(19-13-25-87-80(82)83)71(120)105-59(30-47-33-86-37-92-47)76(125)99-53(20-14-26-88-81(84)85)70(119)100-55(22-24-64(112)113)72(121)104-57(28-45-31-90-50-17-11-9-15-48(45)50)73(122)95-42(6)68(117)102-58(75(124)103-56)29-46-32-91-51-18-12-10-16-49(46)51/h9-12,15-18,31-33,37-43,52-61,80-81,87-88,90-91H,13-14,19-30,34-36,82-85H2,1-8H3,(H,86,92)(H,89,108)(H,93,109)(H,94,118)(H,95,122)(H,96,126)(H,97,114)(H,98,116)(H,99,125)(H,100,119)(H,101,127)(H,102,117)(H,103,124)(H,104,121)(H,105,120)(H,106,115)(H,107,123)(H,110,111)(H,112,113)(H,128,129)/t39-,40-,41-,42-,43-,52-,53-,54-,55-,56-,57-,58-,59-,60-,61-/m1/s1. The fraction of sp³-hybridized carbons (Fsp3) is 0.531. The second-order valence-electron chi connectivity index (χ2n) is 31.8. The summed E-state index contributed by atoms with van der Waals surface area (Å²) in [6.07, 6.45) is -1.20. The van der Waals surface area contributed by atoms with Crippen molar-refractivity contribution in [1.82, 2.24) is 116 Å². The summed E-state index contributed by atoms with van der Waals surface area (Å²) in [5, 5.41) is 76.4. The Morgan fingerprint density at radius 2 is 0.878 bits per heavy atom. The molecule has 0 radical (unpaired) electrons. The lowest BCUT2D eigenvalue weighted by Gasteiger charge is -2.28. The van der Waals surface area contributed by atoms with Crippen LogP contribution in [-0.2, 0) is 110 Å². The van der Waals surface area contributed by atoms with E-state index in [0.29, 0.717) is 32.9 Å². The minimum Gasteiger partial charge on any atom is -0.481 e. The van der Waals surface area contributed by atoms with Crippen LogP contribution < -0.4 is 119 Å². The number of imidazole rings is 1. The first kappa shape index (κ1) is 107. The first-order valence-corrected chi connectivity index (χ1v) is 44.7. The van der Waals surface area contributed by atoms with Crippen molar-refractivity contribution in [2.24, 2.45) is 28.9 Å². The number of nitrogens with zero attached hydrogens (tertiary/aromatic N) is 1. The highest BCUT2D eigenvalue weighted by Gasteiger charge is 2.39. The Kier molecular flexibility index (Phi) is 43.5. The highest BCUT2D eigenvalue weighted by molar-refractivity contribution is 8.76. The molecule has 0 bridgehead atoms. The van der Waals surface area contributed by atoms with Crippen molar-refractivity contribution in [3.8, 4) is 0 Å². The number of rotatable bonds is 34. The number of fused-ring (bicyclic) bond motifs is 2. The van der Waals surface area contributed by atoms with Gasteiger partial charge >= 0.3 is 17.9 Å². The largest absolute Gasteiger partial charge is 0.481 e. The van der Waals surface area contributed by atoms with Crippen LogP contribution in [0.2, 0.25) is 0 Å². The number of aromatic nitrogens is 4. The Hall–Kier alpha value is -12.9. The molecule has 32 N–H and O–H groups in total. The van der Waals surface area contributed by atoms with Gasteiger partial charge in [0.25, 0.3) is 0 Å². The molecule has 131 heavy (non-hydrogen) atoms. The number of carboxylic acids is 3. The van der Waals surface area contributed by atoms with E-state index in [9.17, 15) is 77.6 Å². The first-order chi connectivity index (χ1) is 62.0. The van der Waals surface area contributed by atoms with Gasteiger partial charge in [-0.2, -0.15) is 0 Å². The third-order valence-corrected chi connectivity index (χ3v) is 22.8. The Morgan fingerprint density at radius 3 is 1.34 bits per heavy atom. The molecule has 4 heterocycles. The minimum atomic E-state index is -1.88. The molecule has 1 aliphatic heterocycles. The van der Waals surface area contributed by atoms with Crippen LogP contribution in [0, 0.1) is 5.92 Å². The molecule has 0 spiro atoms. The van der Waals surface area contributed by atoms with Gasteiger partial charge in [0.15, 0.2) is 0 Å². The van der Waals surface area contributed by atoms with Crippen molar-refractivity contribution in [1.29, 1.82) is 0 Å². The number of aromatic amines is 3. The maximum atomic E-state index is 15.3. The van der Waals surface area contributed by atoms with E-state index in [0.717, 1.165) is 42.4 Å². The topological polar surface area (TPSA) is 766 Å². The molecule has 0 unspecified atom stereocenters. The molecule has 2 aromatic carbocycles. The molecule has 3 aromatic heterocycles. The van der Waals surface area contributed by atoms with Gasteiger partial charge in [0.05, 0.1) is 12.9 Å². The fourth-order valence-electron chi connectivity index (χ4n) is 13.2. The Bertz CT molecular complexity index is 4820. The van der Waals surface area contributed by atoms with E-state index in [1.807, 2.05) is 0 Å². The number of nitrogens with two attached hydrogens (primary N) is 4. The summed E-state index contributed by atoms with van der Waals surface area (Å²) >= 11 is 0. The van der Waals surface area contributed by atoms with E-state index >= 15 is 28.8 Å². The van der Waals surface area contributed by atoms with E-state index in [-0.39, 0.29) is 63.7 Å². The summed E-state index contributed by atoms with van der Waals surface area (Å²) in [5.74, 6) is -22.5. The highest BCUT2D eigenvalue weighted by atomic mass is 33.1. The van der Waals surface area contributed by atoms with Gasteiger partial charge in [-0.15, -0.1) is 0 Å². The van der Waals surface area contributed by atoms with Gasteiger partial charge in [0.2, 0.25) is 94.5 Å². The zero-order valence-corrected chi connectivity index (χ0v) is 75.1. The second kappa shape index (κ2) is 53.3. The minimum absolute atomic E-state index is 0.000555. The summed E-state index contributed by atoms with van der Waals surface area (Å²) < 4.78 is 0. The molecular weight excluding hydrogens is 1750 g/mol. The number of amides is 16. The Morgan fingerprint density at radius 1 is 0.466 bits per heavy atom. The van der Waals surface area contributed by atoms with Crippen LogP contribution in [0.15, 0.2) is 73.4 Å². The van der Waals surface area contributed by atoms with Crippen LogP contribution in [0.1, 0.15) is 130 Å². The lowest BCUT2D eigenvalue weighted by molar-refractivity contribution is -0.141. The number of para-hydroxylation sites is 2. The van der Waals surface area contributed by atoms with Gasteiger partial charge in [-0.05, 0) is 122 Å². The first-order valence-electron chi connectivity index (χ1n) is 42.2. The summed E-state index contributed by atoms with van der Waals surface area (Å²) in [6.45, 7) is 9.88. The predicted molar refractivity (Wildman–Crippen MR) is 477 cm³/mol. The maximum absolute atomic E-state index is 15.3. The number of benzene rings is 2. The molecule has 718 valence electrons. The molecule has 0 aliphatic carbocycles. The SMILES string of the molecule is CC(=O)NCC(=O)N[C@H](C)C(=O)N[C@@H]1CSSC[C@H](C(=O)N[C@H](C)C(=O)N[C@H](C)C(=O)O)NC(=O)[C@@H](CC(C)C)NC(=O)[C@@H](Cc2c[nH]c3ccccc23)NC(=O)[C@@H](C)NC(=O)[C@@H](Cc2c[nH]c3ccccc23)NC(=O)[C@@H](CCC(=O)O)NC(=O)[C@@H](CCCNC(N)N)NC(=O)[C@@H](Cc2cnc[nH]2)NC(=O)[C@@H](CCCNC(N)N)NC(=O)[C@@H](C)NC(=O)[C@@H](CCC(=O)O)NC1=O. The molecule has 50 heteroatoms. The summed E-state index contributed by atoms with van der Waals surface area (Å²) in [5.41, 5.74) is 25.4. The zero-order valence-electron chi connectivity index (χ0n) is 73.5. The monoisotopic (exact) mass is 1870 g/mol. The molecule has 1 fully saturated rings. The van der Waals surface area contributed by atoms with Crippen molar-refractivity contribution in [2.75, 3.05) is 31.1 Å². The van der Waals surface area contributed by atoms with Gasteiger partial charge in [-0.25, -0.2) is 4.98 Å². The molecule has 1 saturated heterocycles. The molecule has 5 aromatic rings. The van der Waals surface area contributed by atoms with E-state index < -0.39 is 272 Å². The number of aliphatic carboxylic acids is 3. The van der Waals surface area contributed by atoms with Gasteiger partial charge in [0.1, 0.15) is 103 Å². The number of carbonyl (C=O) groups excluding carboxylic acids is 16. The summed E-state index contributed by atoms with van der Waals surface area (Å²) in [6, 6.07) is -11.1. The van der Waals surface area contributed by atoms with Crippen molar-refractivity contribution in [3.63, 3.8) is 0 Å². The Balaban J connectivity index is 1.51. The third kappa shape index (κ3) is 36.5. The lowest BCUT2D eigenvalue weighted by Crippen LogP contribution is -2.61. The second-order valence-corrected chi connectivity index (χ2v) is 34.3. The van der Waals surface area contributed by atoms with E-state index in [1.54, 1.807) is 74.8 Å². The predicted octanol–water partition coefficient (Wildman–Crippen LogP) is -6.70.